The van der Waals surface area contributed by atoms with Gasteiger partial charge in [-0.25, -0.2) is 0 Å². The lowest BCUT2D eigenvalue weighted by Gasteiger charge is -2.07. The molecule has 0 unspecified atom stereocenters. The third-order valence-corrected chi connectivity index (χ3v) is 6.90. The number of thiophene rings is 1. The molecule has 0 fully saturated rings. The van der Waals surface area contributed by atoms with Gasteiger partial charge in [0.2, 0.25) is 0 Å². The van der Waals surface area contributed by atoms with Crippen LogP contribution in [0.5, 0.6) is 5.75 Å². The van der Waals surface area contributed by atoms with Crippen LogP contribution in [0.1, 0.15) is 38.2 Å². The number of aryl methyl sites for hydroxylation is 1. The Morgan fingerprint density at radius 2 is 1.38 bits per heavy atom. The molecule has 146 valence electrons. The van der Waals surface area contributed by atoms with Gasteiger partial charge in [0.25, 0.3) is 0 Å². The summed E-state index contributed by atoms with van der Waals surface area (Å²) in [5.74, 6) is 0.982. The maximum Gasteiger partial charge on any atom is 0.119 e. The van der Waals surface area contributed by atoms with Crippen molar-refractivity contribution in [1.29, 1.82) is 0 Å². The topological polar surface area (TPSA) is 9.23 Å². The smallest absolute Gasteiger partial charge is 0.119 e. The second-order valence-electron chi connectivity index (χ2n) is 8.07. The molecule has 0 spiro atoms. The van der Waals surface area contributed by atoms with Gasteiger partial charge < -0.3 is 4.74 Å². The van der Waals surface area contributed by atoms with Crippen molar-refractivity contribution in [2.24, 2.45) is 0 Å². The van der Waals surface area contributed by atoms with Gasteiger partial charge in [0, 0.05) is 20.2 Å². The van der Waals surface area contributed by atoms with Crippen LogP contribution < -0.4 is 4.74 Å². The summed E-state index contributed by atoms with van der Waals surface area (Å²) in [6, 6.07) is 22.6. The fourth-order valence-corrected chi connectivity index (χ4v) is 5.33. The van der Waals surface area contributed by atoms with E-state index in [4.69, 9.17) is 4.74 Å². The van der Waals surface area contributed by atoms with E-state index in [9.17, 15) is 0 Å². The van der Waals surface area contributed by atoms with Crippen molar-refractivity contribution >= 4 is 53.1 Å². The molecular weight excluding hydrogens is 372 g/mol. The molecule has 0 saturated heterocycles. The van der Waals surface area contributed by atoms with E-state index in [0.717, 1.165) is 18.8 Å². The normalized spacial score (nSPS) is 11.8. The monoisotopic (exact) mass is 398 g/mol. The van der Waals surface area contributed by atoms with Crippen molar-refractivity contribution in [3.8, 4) is 5.75 Å². The van der Waals surface area contributed by atoms with E-state index in [1.807, 2.05) is 11.3 Å². The van der Waals surface area contributed by atoms with Crippen LogP contribution in [0.3, 0.4) is 0 Å². The molecule has 0 saturated carbocycles. The minimum Gasteiger partial charge on any atom is -0.494 e. The summed E-state index contributed by atoms with van der Waals surface area (Å²) in [4.78, 5) is 0. The van der Waals surface area contributed by atoms with Crippen LogP contribution in [-0.2, 0) is 0 Å². The number of unbranched alkanes of at least 4 members (excludes halogenated alkanes) is 3. The molecule has 0 aliphatic carbocycles. The zero-order valence-electron chi connectivity index (χ0n) is 17.1. The van der Waals surface area contributed by atoms with Gasteiger partial charge in [-0.05, 0) is 71.3 Å². The quantitative estimate of drug-likeness (QED) is 0.260. The molecule has 1 aromatic heterocycles. The summed E-state index contributed by atoms with van der Waals surface area (Å²) < 4.78 is 8.71. The van der Waals surface area contributed by atoms with Crippen LogP contribution in [0.15, 0.2) is 60.7 Å². The Kier molecular flexibility index (Phi) is 4.89. The van der Waals surface area contributed by atoms with E-state index in [0.29, 0.717) is 0 Å². The largest absolute Gasteiger partial charge is 0.494 e. The first-order chi connectivity index (χ1) is 14.2. The molecule has 2 heteroatoms. The third-order valence-electron chi connectivity index (χ3n) is 5.78. The Balaban J connectivity index is 1.53. The fraction of sp³-hybridized carbons (Fsp3) is 0.259. The number of benzene rings is 4. The molecular formula is C27H26OS. The van der Waals surface area contributed by atoms with Crippen LogP contribution in [0, 0.1) is 6.92 Å². The summed E-state index contributed by atoms with van der Waals surface area (Å²) in [6.45, 7) is 5.20. The van der Waals surface area contributed by atoms with E-state index < -0.39 is 0 Å². The molecule has 1 heterocycles. The summed E-state index contributed by atoms with van der Waals surface area (Å²) in [7, 11) is 0. The van der Waals surface area contributed by atoms with Gasteiger partial charge in [-0.1, -0.05) is 56.0 Å². The molecule has 0 N–H and O–H groups in total. The van der Waals surface area contributed by atoms with E-state index in [-0.39, 0.29) is 0 Å². The highest BCUT2D eigenvalue weighted by Gasteiger charge is 2.09. The number of rotatable bonds is 6. The second kappa shape index (κ2) is 7.68. The molecule has 0 bridgehead atoms. The molecule has 0 amide bonds. The lowest BCUT2D eigenvalue weighted by molar-refractivity contribution is 0.305. The first-order valence-electron chi connectivity index (χ1n) is 10.6. The molecule has 29 heavy (non-hydrogen) atoms. The number of fused-ring (bicyclic) bond motifs is 5. The molecule has 5 aromatic rings. The van der Waals surface area contributed by atoms with Crippen molar-refractivity contribution in [3.05, 3.63) is 66.2 Å². The van der Waals surface area contributed by atoms with E-state index in [1.165, 1.54) is 66.5 Å². The van der Waals surface area contributed by atoms with E-state index in [2.05, 4.69) is 74.5 Å². The van der Waals surface area contributed by atoms with Gasteiger partial charge in [0.05, 0.1) is 6.61 Å². The van der Waals surface area contributed by atoms with Gasteiger partial charge in [0.1, 0.15) is 5.75 Å². The van der Waals surface area contributed by atoms with Crippen molar-refractivity contribution < 1.29 is 4.74 Å². The van der Waals surface area contributed by atoms with E-state index >= 15 is 0 Å². The van der Waals surface area contributed by atoms with Crippen molar-refractivity contribution in [3.63, 3.8) is 0 Å². The summed E-state index contributed by atoms with van der Waals surface area (Å²) >= 11 is 1.89. The average Bonchev–Trinajstić information content (AvgIpc) is 3.06. The minimum atomic E-state index is 0.808. The summed E-state index contributed by atoms with van der Waals surface area (Å²) in [6.07, 6.45) is 4.94. The number of ether oxygens (including phenoxy) is 1. The fourth-order valence-electron chi connectivity index (χ4n) is 4.17. The molecule has 1 nitrogen and oxygen atoms in total. The maximum atomic E-state index is 6.00. The zero-order chi connectivity index (χ0) is 19.8. The predicted octanol–water partition coefficient (Wildman–Crippen LogP) is 8.63. The first-order valence-corrected chi connectivity index (χ1v) is 11.5. The Labute approximate surface area is 175 Å². The standard InChI is InChI=1S/C27H26OS/c1-3-4-5-6-11-28-23-10-9-20-15-25-24-14-19-8-7-18(2)12-21(19)16-26(24)29-27(25)17-22(20)13-23/h7-10,12-17H,3-6,11H2,1-2H3. The number of hydrogen-bond acceptors (Lipinski definition) is 2. The van der Waals surface area contributed by atoms with Gasteiger partial charge in [0.15, 0.2) is 0 Å². The lowest BCUT2D eigenvalue weighted by Crippen LogP contribution is -1.96. The van der Waals surface area contributed by atoms with Gasteiger partial charge >= 0.3 is 0 Å². The Morgan fingerprint density at radius 3 is 2.10 bits per heavy atom. The molecule has 5 rings (SSSR count). The third kappa shape index (κ3) is 3.58. The van der Waals surface area contributed by atoms with Gasteiger partial charge in [-0.15, -0.1) is 11.3 Å². The molecule has 0 atom stereocenters. The number of hydrogen-bond donors (Lipinski definition) is 0. The van der Waals surface area contributed by atoms with Crippen LogP contribution in [0.2, 0.25) is 0 Å². The SMILES string of the molecule is CCCCCCOc1ccc2cc3c(cc2c1)sc1cc2cc(C)ccc2cc13. The summed E-state index contributed by atoms with van der Waals surface area (Å²) in [5.41, 5.74) is 1.31. The Hall–Kier alpha value is -2.58. The molecule has 0 aliphatic rings. The van der Waals surface area contributed by atoms with Gasteiger partial charge in [-0.3, -0.25) is 0 Å². The minimum absolute atomic E-state index is 0.808. The molecule has 4 aromatic carbocycles. The summed E-state index contributed by atoms with van der Waals surface area (Å²) in [5, 5.41) is 7.89. The van der Waals surface area contributed by atoms with E-state index in [1.54, 1.807) is 0 Å². The highest BCUT2D eigenvalue weighted by Crippen LogP contribution is 2.39. The second-order valence-corrected chi connectivity index (χ2v) is 9.15. The van der Waals surface area contributed by atoms with Crippen molar-refractivity contribution in [1.82, 2.24) is 0 Å². The highest BCUT2D eigenvalue weighted by molar-refractivity contribution is 7.26. The highest BCUT2D eigenvalue weighted by atomic mass is 32.1. The van der Waals surface area contributed by atoms with Crippen LogP contribution in [-0.4, -0.2) is 6.61 Å². The first kappa shape index (κ1) is 18.4. The molecule has 0 radical (unpaired) electrons. The Bertz CT molecular complexity index is 1330. The van der Waals surface area contributed by atoms with Crippen molar-refractivity contribution in [2.45, 2.75) is 39.5 Å². The van der Waals surface area contributed by atoms with Crippen molar-refractivity contribution in [2.75, 3.05) is 6.61 Å². The van der Waals surface area contributed by atoms with Crippen LogP contribution in [0.25, 0.3) is 41.7 Å². The maximum absolute atomic E-state index is 6.00. The van der Waals surface area contributed by atoms with Crippen LogP contribution in [0.4, 0.5) is 0 Å². The van der Waals surface area contributed by atoms with Crippen LogP contribution >= 0.6 is 11.3 Å². The average molecular weight is 399 g/mol. The zero-order valence-corrected chi connectivity index (χ0v) is 17.9. The lowest BCUT2D eigenvalue weighted by atomic mass is 10.0. The predicted molar refractivity (Wildman–Crippen MR) is 129 cm³/mol. The Morgan fingerprint density at radius 1 is 0.690 bits per heavy atom. The molecule has 0 aliphatic heterocycles. The van der Waals surface area contributed by atoms with Gasteiger partial charge in [-0.2, -0.15) is 0 Å².